The maximum atomic E-state index is 13.1. The summed E-state index contributed by atoms with van der Waals surface area (Å²) in [6.45, 7) is 5.89. The third-order valence-electron chi connectivity index (χ3n) is 4.73. The van der Waals surface area contributed by atoms with E-state index in [1.165, 1.54) is 0 Å². The fourth-order valence-corrected chi connectivity index (χ4v) is 3.15. The number of unbranched alkanes of at least 4 members (excludes halogenated alkanes) is 1. The van der Waals surface area contributed by atoms with Crippen LogP contribution in [0.3, 0.4) is 0 Å². The van der Waals surface area contributed by atoms with Gasteiger partial charge in [0.15, 0.2) is 0 Å². The number of benzene rings is 1. The van der Waals surface area contributed by atoms with E-state index >= 15 is 0 Å². The lowest BCUT2D eigenvalue weighted by molar-refractivity contribution is -0.144. The van der Waals surface area contributed by atoms with E-state index in [4.69, 9.17) is 0 Å². The number of halogens is 3. The summed E-state index contributed by atoms with van der Waals surface area (Å²) < 4.78 is 39.9. The molecule has 0 bridgehead atoms. The van der Waals surface area contributed by atoms with Crippen molar-refractivity contribution < 1.29 is 18.0 Å². The van der Waals surface area contributed by atoms with E-state index in [2.05, 4.69) is 15.1 Å². The number of hydrogen-bond donors (Lipinski definition) is 0. The van der Waals surface area contributed by atoms with Gasteiger partial charge in [0.1, 0.15) is 0 Å². The molecule has 0 radical (unpaired) electrons. The molecule has 3 aromatic rings. The minimum absolute atomic E-state index is 0.0143. The summed E-state index contributed by atoms with van der Waals surface area (Å²) >= 11 is 0. The molecule has 0 saturated carbocycles. The van der Waals surface area contributed by atoms with Crippen molar-refractivity contribution in [1.29, 1.82) is 0 Å². The first-order valence-corrected chi connectivity index (χ1v) is 9.37. The van der Waals surface area contributed by atoms with Gasteiger partial charge in [-0.05, 0) is 32.4 Å². The third-order valence-corrected chi connectivity index (χ3v) is 4.73. The molecule has 0 spiro atoms. The van der Waals surface area contributed by atoms with E-state index in [0.717, 1.165) is 23.0 Å². The number of anilines is 1. The maximum Gasteiger partial charge on any atom is 0.453 e. The minimum Gasteiger partial charge on any atom is -0.312 e. The third kappa shape index (κ3) is 4.38. The fraction of sp³-hybridized carbons (Fsp3) is 0.400. The molecular weight excluding hydrogens is 383 g/mol. The Morgan fingerprint density at radius 3 is 2.45 bits per heavy atom. The number of carbonyl (C=O) groups excluding carboxylic acids is 1. The SMILES string of the molecule is CCCCN(C(=O)Cc1c(C)nc2nc(C(F)(F)F)nn2c1C)c1ccccc1. The van der Waals surface area contributed by atoms with Crippen LogP contribution < -0.4 is 4.90 Å². The lowest BCUT2D eigenvalue weighted by atomic mass is 10.1. The van der Waals surface area contributed by atoms with Crippen molar-refractivity contribution in [3.63, 3.8) is 0 Å². The van der Waals surface area contributed by atoms with Crippen molar-refractivity contribution in [2.75, 3.05) is 11.4 Å². The van der Waals surface area contributed by atoms with E-state index in [1.54, 1.807) is 18.7 Å². The molecule has 0 atom stereocenters. The smallest absolute Gasteiger partial charge is 0.312 e. The number of nitrogens with zero attached hydrogens (tertiary/aromatic N) is 5. The molecule has 0 N–H and O–H groups in total. The summed E-state index contributed by atoms with van der Waals surface area (Å²) in [5.41, 5.74) is 2.23. The van der Waals surface area contributed by atoms with Gasteiger partial charge in [0.05, 0.1) is 6.42 Å². The van der Waals surface area contributed by atoms with Gasteiger partial charge in [-0.2, -0.15) is 18.2 Å². The van der Waals surface area contributed by atoms with Crippen LogP contribution in [0.15, 0.2) is 30.3 Å². The van der Waals surface area contributed by atoms with Crippen LogP contribution in [0.4, 0.5) is 18.9 Å². The Balaban J connectivity index is 1.96. The average Bonchev–Trinajstić information content (AvgIpc) is 3.11. The average molecular weight is 405 g/mol. The summed E-state index contributed by atoms with van der Waals surface area (Å²) in [6.07, 6.45) is -2.87. The van der Waals surface area contributed by atoms with Crippen molar-refractivity contribution >= 4 is 17.4 Å². The van der Waals surface area contributed by atoms with Gasteiger partial charge in [-0.25, -0.2) is 9.50 Å². The van der Waals surface area contributed by atoms with Crippen LogP contribution in [0.1, 0.15) is 42.5 Å². The van der Waals surface area contributed by atoms with Gasteiger partial charge in [-0.1, -0.05) is 31.5 Å². The molecule has 2 aromatic heterocycles. The zero-order valence-electron chi connectivity index (χ0n) is 16.5. The van der Waals surface area contributed by atoms with Crippen LogP contribution in [0, 0.1) is 13.8 Å². The highest BCUT2D eigenvalue weighted by atomic mass is 19.4. The largest absolute Gasteiger partial charge is 0.453 e. The molecule has 0 saturated heterocycles. The first-order chi connectivity index (χ1) is 13.7. The molecular formula is C20H22F3N5O. The van der Waals surface area contributed by atoms with Gasteiger partial charge >= 0.3 is 6.18 Å². The normalized spacial score (nSPS) is 11.8. The summed E-state index contributed by atoms with van der Waals surface area (Å²) in [4.78, 5) is 22.4. The molecule has 0 aliphatic carbocycles. The summed E-state index contributed by atoms with van der Waals surface area (Å²) in [7, 11) is 0. The van der Waals surface area contributed by atoms with Gasteiger partial charge < -0.3 is 4.90 Å². The van der Waals surface area contributed by atoms with Crippen molar-refractivity contribution in [1.82, 2.24) is 19.6 Å². The molecule has 9 heteroatoms. The Kier molecular flexibility index (Phi) is 5.86. The van der Waals surface area contributed by atoms with Crippen LogP contribution >= 0.6 is 0 Å². The molecule has 0 aliphatic heterocycles. The molecule has 3 rings (SSSR count). The zero-order chi connectivity index (χ0) is 21.2. The Morgan fingerprint density at radius 2 is 1.83 bits per heavy atom. The van der Waals surface area contributed by atoms with Crippen LogP contribution in [-0.2, 0) is 17.4 Å². The monoisotopic (exact) mass is 405 g/mol. The van der Waals surface area contributed by atoms with Crippen molar-refractivity contribution in [2.24, 2.45) is 0 Å². The highest BCUT2D eigenvalue weighted by Gasteiger charge is 2.37. The topological polar surface area (TPSA) is 63.4 Å². The van der Waals surface area contributed by atoms with Crippen LogP contribution in [0.25, 0.3) is 5.78 Å². The number of amides is 1. The highest BCUT2D eigenvalue weighted by molar-refractivity contribution is 5.95. The molecule has 1 aromatic carbocycles. The molecule has 29 heavy (non-hydrogen) atoms. The van der Waals surface area contributed by atoms with Crippen molar-refractivity contribution in [3.05, 3.63) is 53.1 Å². The Labute approximate surface area is 166 Å². The van der Waals surface area contributed by atoms with Crippen LogP contribution in [-0.4, -0.2) is 32.0 Å². The first kappa shape index (κ1) is 20.8. The number of para-hydroxylation sites is 1. The highest BCUT2D eigenvalue weighted by Crippen LogP contribution is 2.27. The standard InChI is InChI=1S/C20H22F3N5O/c1-4-5-11-27(15-9-7-6-8-10-15)17(29)12-16-13(2)24-19-25-18(20(21,22)23)26-28(19)14(16)3/h6-10H,4-5,11-12H2,1-3H3. The van der Waals surface area contributed by atoms with Gasteiger partial charge in [0.2, 0.25) is 5.91 Å². The second kappa shape index (κ2) is 8.18. The summed E-state index contributed by atoms with van der Waals surface area (Å²) in [5, 5.41) is 3.54. The first-order valence-electron chi connectivity index (χ1n) is 9.37. The Hall–Kier alpha value is -2.97. The quantitative estimate of drug-likeness (QED) is 0.619. The number of fused-ring (bicyclic) bond motifs is 1. The van der Waals surface area contributed by atoms with Crippen LogP contribution in [0.5, 0.6) is 0 Å². The Morgan fingerprint density at radius 1 is 1.14 bits per heavy atom. The number of aryl methyl sites for hydroxylation is 2. The summed E-state index contributed by atoms with van der Waals surface area (Å²) in [5.74, 6) is -1.52. The summed E-state index contributed by atoms with van der Waals surface area (Å²) in [6, 6.07) is 9.32. The van der Waals surface area contributed by atoms with E-state index in [0.29, 0.717) is 23.5 Å². The number of rotatable bonds is 6. The van der Waals surface area contributed by atoms with E-state index in [1.807, 2.05) is 37.3 Å². The second-order valence-electron chi connectivity index (χ2n) is 6.82. The van der Waals surface area contributed by atoms with E-state index < -0.39 is 12.0 Å². The molecule has 6 nitrogen and oxygen atoms in total. The van der Waals surface area contributed by atoms with Gasteiger partial charge in [-0.3, -0.25) is 4.79 Å². The lowest BCUT2D eigenvalue weighted by Gasteiger charge is -2.23. The molecule has 2 heterocycles. The van der Waals surface area contributed by atoms with Crippen molar-refractivity contribution in [3.8, 4) is 0 Å². The molecule has 0 aliphatic rings. The number of alkyl halides is 3. The number of aromatic nitrogens is 4. The van der Waals surface area contributed by atoms with Gasteiger partial charge in [-0.15, -0.1) is 5.10 Å². The van der Waals surface area contributed by atoms with Gasteiger partial charge in [0, 0.05) is 29.2 Å². The Bertz CT molecular complexity index is 1010. The maximum absolute atomic E-state index is 13.1. The number of carbonyl (C=O) groups is 1. The van der Waals surface area contributed by atoms with Crippen molar-refractivity contribution in [2.45, 2.75) is 46.2 Å². The fourth-order valence-electron chi connectivity index (χ4n) is 3.15. The van der Waals surface area contributed by atoms with E-state index in [9.17, 15) is 18.0 Å². The molecule has 0 unspecified atom stereocenters. The zero-order valence-corrected chi connectivity index (χ0v) is 16.5. The lowest BCUT2D eigenvalue weighted by Crippen LogP contribution is -2.33. The van der Waals surface area contributed by atoms with Gasteiger partial charge in [0.25, 0.3) is 11.6 Å². The molecule has 0 fully saturated rings. The van der Waals surface area contributed by atoms with E-state index in [-0.39, 0.29) is 18.1 Å². The van der Waals surface area contributed by atoms with Crippen LogP contribution in [0.2, 0.25) is 0 Å². The minimum atomic E-state index is -4.66. The predicted molar refractivity (Wildman–Crippen MR) is 103 cm³/mol. The molecule has 1 amide bonds. The molecule has 154 valence electrons. The number of hydrogen-bond acceptors (Lipinski definition) is 4. The second-order valence-corrected chi connectivity index (χ2v) is 6.82. The predicted octanol–water partition coefficient (Wildman–Crippen LogP) is 4.14.